The second kappa shape index (κ2) is 11.8. The van der Waals surface area contributed by atoms with Gasteiger partial charge in [-0.15, -0.1) is 0 Å². The van der Waals surface area contributed by atoms with Crippen LogP contribution < -0.4 is 10.6 Å². The van der Waals surface area contributed by atoms with E-state index in [2.05, 4.69) is 29.3 Å². The molecule has 2 N–H and O–H groups in total. The van der Waals surface area contributed by atoms with Crippen molar-refractivity contribution in [3.8, 4) is 0 Å². The lowest BCUT2D eigenvalue weighted by Crippen LogP contribution is -2.45. The first-order valence-corrected chi connectivity index (χ1v) is 13.8. The van der Waals surface area contributed by atoms with E-state index in [1.807, 2.05) is 18.2 Å². The van der Waals surface area contributed by atoms with Crippen LogP contribution in [0.3, 0.4) is 0 Å². The van der Waals surface area contributed by atoms with Crippen LogP contribution in [0.1, 0.15) is 41.6 Å². The molecule has 36 heavy (non-hydrogen) atoms. The van der Waals surface area contributed by atoms with Crippen LogP contribution in [0.2, 0.25) is 0 Å². The van der Waals surface area contributed by atoms with E-state index < -0.39 is 16.3 Å². The second-order valence-corrected chi connectivity index (χ2v) is 11.2. The van der Waals surface area contributed by atoms with Crippen molar-refractivity contribution in [3.05, 3.63) is 78.4 Å². The quantitative estimate of drug-likeness (QED) is 0.377. The largest absolute Gasteiger partial charge is 0.354 e. The molecule has 2 fully saturated rings. The number of carbonyl (C=O) groups excluding carboxylic acids is 2. The van der Waals surface area contributed by atoms with Crippen LogP contribution in [-0.4, -0.2) is 56.5 Å². The van der Waals surface area contributed by atoms with Crippen LogP contribution in [0.4, 0.5) is 0 Å². The number of unbranched alkanes of at least 4 members (excludes halogenated alkanes) is 1. The number of nitrogens with zero attached hydrogens (tertiary/aromatic N) is 1. The summed E-state index contributed by atoms with van der Waals surface area (Å²) in [5.74, 6) is -0.323. The van der Waals surface area contributed by atoms with E-state index in [1.165, 1.54) is 28.1 Å². The summed E-state index contributed by atoms with van der Waals surface area (Å²) in [6.45, 7) is 4.63. The van der Waals surface area contributed by atoms with E-state index in [0.717, 1.165) is 19.3 Å². The molecule has 2 heterocycles. The summed E-state index contributed by atoms with van der Waals surface area (Å²) in [7, 11) is -3.72. The highest BCUT2D eigenvalue weighted by Gasteiger charge is 2.42. The molecule has 4 rings (SSSR count). The predicted octanol–water partition coefficient (Wildman–Crippen LogP) is 2.87. The highest BCUT2D eigenvalue weighted by atomic mass is 32.2. The number of fused-ring (bicyclic) bond motifs is 1. The Hall–Kier alpha value is -3.01. The Morgan fingerprint density at radius 2 is 1.83 bits per heavy atom. The highest BCUT2D eigenvalue weighted by molar-refractivity contribution is 7.89. The van der Waals surface area contributed by atoms with Gasteiger partial charge in [0.25, 0.3) is 5.91 Å². The average Bonchev–Trinajstić information content (AvgIpc) is 3.30. The Bertz CT molecular complexity index is 1170. The van der Waals surface area contributed by atoms with Gasteiger partial charge < -0.3 is 15.4 Å². The summed E-state index contributed by atoms with van der Waals surface area (Å²) >= 11 is 0. The SMILES string of the molecule is C=CC(=O)NC1CC2CCN(S(=O)(=O)c3ccc(C(=O)NCCCCc4ccccc4)cc3)CC2O1. The number of hydrogen-bond acceptors (Lipinski definition) is 5. The maximum atomic E-state index is 13.2. The third kappa shape index (κ3) is 6.40. The van der Waals surface area contributed by atoms with Gasteiger partial charge in [-0.2, -0.15) is 4.31 Å². The molecule has 2 saturated heterocycles. The lowest BCUT2D eigenvalue weighted by molar-refractivity contribution is -0.120. The minimum atomic E-state index is -3.72. The number of aryl methyl sites for hydroxylation is 1. The van der Waals surface area contributed by atoms with Gasteiger partial charge >= 0.3 is 0 Å². The van der Waals surface area contributed by atoms with E-state index in [4.69, 9.17) is 4.74 Å². The van der Waals surface area contributed by atoms with Crippen LogP contribution in [0.5, 0.6) is 0 Å². The monoisotopic (exact) mass is 511 g/mol. The molecule has 0 spiro atoms. The minimum absolute atomic E-state index is 0.148. The number of amides is 2. The molecule has 8 nitrogen and oxygen atoms in total. The average molecular weight is 512 g/mol. The smallest absolute Gasteiger partial charge is 0.251 e. The molecular formula is C27H33N3O5S. The lowest BCUT2D eigenvalue weighted by Gasteiger charge is -2.33. The Morgan fingerprint density at radius 1 is 1.08 bits per heavy atom. The summed E-state index contributed by atoms with van der Waals surface area (Å²) in [6.07, 6.45) is 4.63. The first-order chi connectivity index (χ1) is 17.4. The van der Waals surface area contributed by atoms with Crippen LogP contribution in [-0.2, 0) is 26.0 Å². The number of hydrogen-bond donors (Lipinski definition) is 2. The third-order valence-corrected chi connectivity index (χ3v) is 8.66. The zero-order valence-corrected chi connectivity index (χ0v) is 21.1. The maximum Gasteiger partial charge on any atom is 0.251 e. The van der Waals surface area contributed by atoms with Gasteiger partial charge in [-0.3, -0.25) is 9.59 Å². The fraction of sp³-hybridized carbons (Fsp3) is 0.407. The fourth-order valence-electron chi connectivity index (χ4n) is 4.76. The van der Waals surface area contributed by atoms with E-state index >= 15 is 0 Å². The molecular weight excluding hydrogens is 478 g/mol. The van der Waals surface area contributed by atoms with Crippen LogP contribution in [0, 0.1) is 5.92 Å². The molecule has 2 aliphatic heterocycles. The van der Waals surface area contributed by atoms with Gasteiger partial charge in [-0.25, -0.2) is 8.42 Å². The third-order valence-electron chi connectivity index (χ3n) is 6.78. The van der Waals surface area contributed by atoms with Crippen molar-refractivity contribution in [1.29, 1.82) is 0 Å². The number of benzene rings is 2. The summed E-state index contributed by atoms with van der Waals surface area (Å²) < 4.78 is 33.7. The van der Waals surface area contributed by atoms with Crippen molar-refractivity contribution < 1.29 is 22.7 Å². The summed E-state index contributed by atoms with van der Waals surface area (Å²) in [4.78, 5) is 24.2. The molecule has 2 aromatic carbocycles. The number of piperidine rings is 1. The predicted molar refractivity (Wildman–Crippen MR) is 137 cm³/mol. The molecule has 9 heteroatoms. The van der Waals surface area contributed by atoms with Crippen molar-refractivity contribution in [2.24, 2.45) is 5.92 Å². The van der Waals surface area contributed by atoms with Crippen molar-refractivity contribution in [2.75, 3.05) is 19.6 Å². The topological polar surface area (TPSA) is 105 Å². The first kappa shape index (κ1) is 26.1. The van der Waals surface area contributed by atoms with Gasteiger partial charge in [0.15, 0.2) is 0 Å². The van der Waals surface area contributed by atoms with Crippen molar-refractivity contribution in [3.63, 3.8) is 0 Å². The molecule has 2 aliphatic rings. The number of ether oxygens (including phenoxy) is 1. The molecule has 0 saturated carbocycles. The van der Waals surface area contributed by atoms with Crippen molar-refractivity contribution >= 4 is 21.8 Å². The molecule has 192 valence electrons. The van der Waals surface area contributed by atoms with Crippen molar-refractivity contribution in [2.45, 2.75) is 49.3 Å². The molecule has 3 atom stereocenters. The molecule has 0 aliphatic carbocycles. The molecule has 2 aromatic rings. The summed E-state index contributed by atoms with van der Waals surface area (Å²) in [5, 5.41) is 5.63. The number of sulfonamides is 1. The minimum Gasteiger partial charge on any atom is -0.354 e. The van der Waals surface area contributed by atoms with Gasteiger partial charge in [0, 0.05) is 25.2 Å². The Kier molecular flexibility index (Phi) is 8.56. The van der Waals surface area contributed by atoms with E-state index in [1.54, 1.807) is 12.1 Å². The van der Waals surface area contributed by atoms with Crippen LogP contribution in [0.15, 0.2) is 72.1 Å². The Balaban J connectivity index is 1.26. The molecule has 0 bridgehead atoms. The maximum absolute atomic E-state index is 13.2. The standard InChI is InChI=1S/C27H33N3O5S/c1-2-25(31)29-26-18-22-15-17-30(19-24(22)35-26)36(33,34)23-13-11-21(12-14-23)27(32)28-16-7-6-10-20-8-4-3-5-9-20/h2-5,8-9,11-14,22,24,26H,1,6-7,10,15-19H2,(H,28,32)(H,29,31). The molecule has 0 aromatic heterocycles. The fourth-order valence-corrected chi connectivity index (χ4v) is 6.23. The molecule has 3 unspecified atom stereocenters. The Labute approximate surface area is 212 Å². The highest BCUT2D eigenvalue weighted by Crippen LogP contribution is 2.34. The van der Waals surface area contributed by atoms with Gasteiger partial charge in [0.2, 0.25) is 15.9 Å². The second-order valence-electron chi connectivity index (χ2n) is 9.25. The zero-order chi connectivity index (χ0) is 25.5. The van der Waals surface area contributed by atoms with E-state index in [0.29, 0.717) is 31.5 Å². The number of rotatable bonds is 10. The van der Waals surface area contributed by atoms with Crippen LogP contribution in [0.25, 0.3) is 0 Å². The normalized spacial score (nSPS) is 21.9. The zero-order valence-electron chi connectivity index (χ0n) is 20.3. The van der Waals surface area contributed by atoms with Crippen molar-refractivity contribution in [1.82, 2.24) is 14.9 Å². The summed E-state index contributed by atoms with van der Waals surface area (Å²) in [6, 6.07) is 16.3. The number of carbonyl (C=O) groups is 2. The lowest BCUT2D eigenvalue weighted by atomic mass is 9.94. The Morgan fingerprint density at radius 3 is 2.56 bits per heavy atom. The summed E-state index contributed by atoms with van der Waals surface area (Å²) in [5.41, 5.74) is 1.71. The van der Waals surface area contributed by atoms with Gasteiger partial charge in [-0.1, -0.05) is 36.9 Å². The van der Waals surface area contributed by atoms with Crippen LogP contribution >= 0.6 is 0 Å². The molecule has 0 radical (unpaired) electrons. The van der Waals surface area contributed by atoms with E-state index in [-0.39, 0.29) is 35.3 Å². The first-order valence-electron chi connectivity index (χ1n) is 12.4. The van der Waals surface area contributed by atoms with Gasteiger partial charge in [-0.05, 0) is 73.9 Å². The molecule has 2 amide bonds. The number of nitrogens with one attached hydrogen (secondary N) is 2. The van der Waals surface area contributed by atoms with E-state index in [9.17, 15) is 18.0 Å². The van der Waals surface area contributed by atoms with Gasteiger partial charge in [0.05, 0.1) is 11.0 Å². The van der Waals surface area contributed by atoms with Gasteiger partial charge in [0.1, 0.15) is 6.23 Å².